The summed E-state index contributed by atoms with van der Waals surface area (Å²) in [5, 5.41) is 12.4. The molecule has 1 N–H and O–H groups in total. The van der Waals surface area contributed by atoms with E-state index in [1.165, 1.54) is 18.3 Å². The average molecular weight is 246 g/mol. The molecule has 0 unspecified atom stereocenters. The molecule has 1 aromatic carbocycles. The molecule has 0 saturated carbocycles. The number of carbonyl (C=O) groups excluding carboxylic acids is 1. The van der Waals surface area contributed by atoms with Gasteiger partial charge in [-0.15, -0.1) is 0 Å². The maximum absolute atomic E-state index is 11.5. The maximum Gasteiger partial charge on any atom is 0.337 e. The summed E-state index contributed by atoms with van der Waals surface area (Å²) in [5.41, 5.74) is 2.07. The second-order valence-electron chi connectivity index (χ2n) is 3.61. The van der Waals surface area contributed by atoms with Gasteiger partial charge in [0.2, 0.25) is 0 Å². The van der Waals surface area contributed by atoms with E-state index in [1.807, 2.05) is 0 Å². The van der Waals surface area contributed by atoms with Crippen LogP contribution in [0.2, 0.25) is 0 Å². The summed E-state index contributed by atoms with van der Waals surface area (Å²) >= 11 is 1.32. The van der Waals surface area contributed by atoms with Crippen LogP contribution in [0.4, 0.5) is 0 Å². The lowest BCUT2D eigenvalue weighted by Crippen LogP contribution is -2.00. The van der Waals surface area contributed by atoms with Crippen molar-refractivity contribution in [3.8, 4) is 11.1 Å². The second-order valence-corrected chi connectivity index (χ2v) is 4.35. The number of carbonyl (C=O) groups is 2. The number of Topliss-reactive ketones (excluding diaryl/α,β-unsaturated/α-hetero) is 1. The van der Waals surface area contributed by atoms with Gasteiger partial charge in [0.25, 0.3) is 0 Å². The van der Waals surface area contributed by atoms with E-state index in [1.54, 1.807) is 35.0 Å². The highest BCUT2D eigenvalue weighted by atomic mass is 32.1. The number of thiophene rings is 1. The molecule has 86 valence electrons. The first-order valence-electron chi connectivity index (χ1n) is 5.01. The largest absolute Gasteiger partial charge is 0.478 e. The normalized spacial score (nSPS) is 10.2. The highest BCUT2D eigenvalue weighted by molar-refractivity contribution is 7.08. The molecule has 2 rings (SSSR count). The predicted octanol–water partition coefficient (Wildman–Crippen LogP) is 3.32. The van der Waals surface area contributed by atoms with Crippen LogP contribution in [0.15, 0.2) is 35.0 Å². The third-order valence-electron chi connectivity index (χ3n) is 2.49. The molecule has 3 nitrogen and oxygen atoms in total. The molecular weight excluding hydrogens is 236 g/mol. The molecule has 1 aromatic heterocycles. The summed E-state index contributed by atoms with van der Waals surface area (Å²) in [6, 6.07) is 7.05. The van der Waals surface area contributed by atoms with E-state index in [-0.39, 0.29) is 11.3 Å². The van der Waals surface area contributed by atoms with Crippen LogP contribution in [0.1, 0.15) is 27.6 Å². The molecule has 0 atom stereocenters. The molecule has 0 aliphatic rings. The van der Waals surface area contributed by atoms with Gasteiger partial charge in [0, 0.05) is 16.5 Å². The third-order valence-corrected chi connectivity index (χ3v) is 3.23. The van der Waals surface area contributed by atoms with E-state index in [2.05, 4.69) is 0 Å². The van der Waals surface area contributed by atoms with Gasteiger partial charge in [-0.25, -0.2) is 4.79 Å². The fourth-order valence-electron chi connectivity index (χ4n) is 1.70. The van der Waals surface area contributed by atoms with Gasteiger partial charge in [0.1, 0.15) is 0 Å². The van der Waals surface area contributed by atoms with Crippen LogP contribution in [-0.4, -0.2) is 16.9 Å². The summed E-state index contributed by atoms with van der Waals surface area (Å²) < 4.78 is 0. The lowest BCUT2D eigenvalue weighted by Gasteiger charge is -2.06. The minimum atomic E-state index is -0.973. The van der Waals surface area contributed by atoms with Crippen molar-refractivity contribution in [1.29, 1.82) is 0 Å². The molecule has 0 aliphatic carbocycles. The lowest BCUT2D eigenvalue weighted by molar-refractivity contribution is 0.0698. The number of hydrogen-bond donors (Lipinski definition) is 1. The molecule has 17 heavy (non-hydrogen) atoms. The Bertz CT molecular complexity index is 584. The van der Waals surface area contributed by atoms with Crippen LogP contribution in [0.5, 0.6) is 0 Å². The molecule has 2 aromatic rings. The van der Waals surface area contributed by atoms with Gasteiger partial charge in [-0.2, -0.15) is 11.3 Å². The van der Waals surface area contributed by atoms with Crippen LogP contribution < -0.4 is 0 Å². The molecule has 1 heterocycles. The Hall–Kier alpha value is -1.94. The topological polar surface area (TPSA) is 54.4 Å². The van der Waals surface area contributed by atoms with Crippen LogP contribution >= 0.6 is 11.3 Å². The maximum atomic E-state index is 11.5. The Morgan fingerprint density at radius 1 is 1.06 bits per heavy atom. The Morgan fingerprint density at radius 3 is 2.41 bits per heavy atom. The summed E-state index contributed by atoms with van der Waals surface area (Å²) in [6.45, 7) is 1.48. The van der Waals surface area contributed by atoms with Crippen molar-refractivity contribution in [2.75, 3.05) is 0 Å². The lowest BCUT2D eigenvalue weighted by atomic mass is 9.97. The van der Waals surface area contributed by atoms with E-state index in [4.69, 9.17) is 5.11 Å². The summed E-state index contributed by atoms with van der Waals surface area (Å²) in [5.74, 6) is -1.04. The van der Waals surface area contributed by atoms with Crippen molar-refractivity contribution in [2.45, 2.75) is 6.92 Å². The number of carboxylic acids is 1. The number of rotatable bonds is 3. The predicted molar refractivity (Wildman–Crippen MR) is 66.7 cm³/mol. The number of aromatic carboxylic acids is 1. The van der Waals surface area contributed by atoms with Gasteiger partial charge in [-0.3, -0.25) is 4.79 Å². The van der Waals surface area contributed by atoms with Crippen LogP contribution in [0.25, 0.3) is 11.1 Å². The Labute approximate surface area is 102 Å². The fraction of sp³-hybridized carbons (Fsp3) is 0.0769. The summed E-state index contributed by atoms with van der Waals surface area (Å²) in [7, 11) is 0. The molecule has 0 bridgehead atoms. The van der Waals surface area contributed by atoms with Gasteiger partial charge < -0.3 is 5.11 Å². The Morgan fingerprint density at radius 2 is 1.76 bits per heavy atom. The van der Waals surface area contributed by atoms with Crippen molar-refractivity contribution < 1.29 is 14.7 Å². The molecule has 0 saturated heterocycles. The highest BCUT2D eigenvalue weighted by Gasteiger charge is 2.16. The molecule has 0 aliphatic heterocycles. The minimum absolute atomic E-state index is 0.0665. The Balaban J connectivity index is 2.64. The quantitative estimate of drug-likeness (QED) is 0.845. The van der Waals surface area contributed by atoms with Crippen molar-refractivity contribution in [1.82, 2.24) is 0 Å². The molecule has 0 radical (unpaired) electrons. The first-order valence-corrected chi connectivity index (χ1v) is 5.95. The minimum Gasteiger partial charge on any atom is -0.478 e. The number of benzene rings is 1. The van der Waals surface area contributed by atoms with E-state index in [9.17, 15) is 9.59 Å². The van der Waals surface area contributed by atoms with E-state index >= 15 is 0 Å². The van der Waals surface area contributed by atoms with Crippen LogP contribution in [-0.2, 0) is 0 Å². The molecule has 0 spiro atoms. The SMILES string of the molecule is CC(=O)c1ccccc1-c1cscc1C(=O)O. The van der Waals surface area contributed by atoms with E-state index in [0.29, 0.717) is 16.7 Å². The molecule has 0 amide bonds. The summed E-state index contributed by atoms with van der Waals surface area (Å²) in [4.78, 5) is 22.6. The van der Waals surface area contributed by atoms with Gasteiger partial charge in [-0.05, 0) is 17.9 Å². The first-order chi connectivity index (χ1) is 8.11. The Kier molecular flexibility index (Phi) is 3.06. The zero-order valence-electron chi connectivity index (χ0n) is 9.14. The smallest absolute Gasteiger partial charge is 0.337 e. The number of hydrogen-bond acceptors (Lipinski definition) is 3. The zero-order valence-corrected chi connectivity index (χ0v) is 9.95. The standard InChI is InChI=1S/C13H10O3S/c1-8(14)9-4-2-3-5-10(9)11-6-17-7-12(11)13(15)16/h2-7H,1H3,(H,15,16). The second kappa shape index (κ2) is 4.51. The monoisotopic (exact) mass is 246 g/mol. The van der Waals surface area contributed by atoms with E-state index < -0.39 is 5.97 Å². The molecule has 4 heteroatoms. The van der Waals surface area contributed by atoms with Crippen LogP contribution in [0.3, 0.4) is 0 Å². The van der Waals surface area contributed by atoms with E-state index in [0.717, 1.165) is 0 Å². The fourth-order valence-corrected chi connectivity index (χ4v) is 2.52. The van der Waals surface area contributed by atoms with Gasteiger partial charge in [0.15, 0.2) is 5.78 Å². The highest BCUT2D eigenvalue weighted by Crippen LogP contribution is 2.30. The zero-order chi connectivity index (χ0) is 12.4. The number of carboxylic acid groups (broad SMARTS) is 1. The van der Waals surface area contributed by atoms with Crippen molar-refractivity contribution in [2.24, 2.45) is 0 Å². The van der Waals surface area contributed by atoms with Crippen molar-refractivity contribution >= 4 is 23.1 Å². The van der Waals surface area contributed by atoms with Crippen molar-refractivity contribution in [3.63, 3.8) is 0 Å². The third kappa shape index (κ3) is 2.12. The van der Waals surface area contributed by atoms with Gasteiger partial charge in [0.05, 0.1) is 5.56 Å². The number of ketones is 1. The van der Waals surface area contributed by atoms with Crippen LogP contribution in [0, 0.1) is 0 Å². The molecule has 0 fully saturated rings. The van der Waals surface area contributed by atoms with Gasteiger partial charge in [-0.1, -0.05) is 24.3 Å². The van der Waals surface area contributed by atoms with Crippen molar-refractivity contribution in [3.05, 3.63) is 46.2 Å². The summed E-state index contributed by atoms with van der Waals surface area (Å²) in [6.07, 6.45) is 0. The van der Waals surface area contributed by atoms with Gasteiger partial charge >= 0.3 is 5.97 Å². The first kappa shape index (κ1) is 11.5. The molecular formula is C13H10O3S. The average Bonchev–Trinajstić information content (AvgIpc) is 2.77.